The lowest BCUT2D eigenvalue weighted by atomic mass is 10.2. The van der Waals surface area contributed by atoms with Crippen LogP contribution in [0.2, 0.25) is 0 Å². The Morgan fingerprint density at radius 1 is 1.07 bits per heavy atom. The number of amides is 1. The molecule has 28 heavy (non-hydrogen) atoms. The number of hydrogen-bond acceptors (Lipinski definition) is 4. The molecule has 0 heterocycles. The van der Waals surface area contributed by atoms with Gasteiger partial charge in [-0.05, 0) is 60.2 Å². The molecule has 3 rings (SSSR count). The molecule has 0 saturated carbocycles. The van der Waals surface area contributed by atoms with Crippen LogP contribution in [0.25, 0.3) is 0 Å². The summed E-state index contributed by atoms with van der Waals surface area (Å²) in [5.74, 6) is 0.800. The maximum atomic E-state index is 12.7. The molecule has 0 aliphatic carbocycles. The van der Waals surface area contributed by atoms with Gasteiger partial charge in [-0.2, -0.15) is 5.26 Å². The molecule has 0 aliphatic rings. The van der Waals surface area contributed by atoms with Gasteiger partial charge in [0.15, 0.2) is 0 Å². The fourth-order valence-corrected chi connectivity index (χ4v) is 3.72. The highest BCUT2D eigenvalue weighted by atomic mass is 32.2. The molecule has 0 fully saturated rings. The summed E-state index contributed by atoms with van der Waals surface area (Å²) in [6, 6.07) is 22.8. The molecule has 0 aliphatic heterocycles. The van der Waals surface area contributed by atoms with E-state index in [1.807, 2.05) is 30.3 Å². The highest BCUT2D eigenvalue weighted by Crippen LogP contribution is 2.18. The lowest BCUT2D eigenvalue weighted by molar-refractivity contribution is 0.102. The number of hydrogen-bond donors (Lipinski definition) is 1. The lowest BCUT2D eigenvalue weighted by Gasteiger charge is -2.08. The van der Waals surface area contributed by atoms with Crippen molar-refractivity contribution in [3.05, 3.63) is 89.5 Å². The Bertz CT molecular complexity index is 1040. The molecule has 140 valence electrons. The van der Waals surface area contributed by atoms with E-state index in [4.69, 9.17) is 10.00 Å². The van der Waals surface area contributed by atoms with Crippen molar-refractivity contribution in [1.82, 2.24) is 0 Å². The molecule has 1 atom stereocenters. The molecule has 0 spiro atoms. The van der Waals surface area contributed by atoms with Crippen LogP contribution in [0, 0.1) is 11.3 Å². The average molecular weight is 390 g/mol. The number of ether oxygens (including phenoxy) is 1. The molecular weight excluding hydrogens is 372 g/mol. The van der Waals surface area contributed by atoms with Gasteiger partial charge in [-0.15, -0.1) is 0 Å². The largest absolute Gasteiger partial charge is 0.497 e. The van der Waals surface area contributed by atoms with Crippen molar-refractivity contribution in [3.63, 3.8) is 0 Å². The van der Waals surface area contributed by atoms with E-state index in [0.717, 1.165) is 11.3 Å². The van der Waals surface area contributed by atoms with Crippen LogP contribution < -0.4 is 10.1 Å². The summed E-state index contributed by atoms with van der Waals surface area (Å²) in [5, 5.41) is 11.6. The van der Waals surface area contributed by atoms with Crippen LogP contribution in [0.5, 0.6) is 5.75 Å². The molecule has 5 nitrogen and oxygen atoms in total. The zero-order valence-electron chi connectivity index (χ0n) is 15.2. The van der Waals surface area contributed by atoms with E-state index in [2.05, 4.69) is 5.32 Å². The number of methoxy groups -OCH3 is 1. The van der Waals surface area contributed by atoms with Crippen LogP contribution in [0.3, 0.4) is 0 Å². The number of nitrogens with zero attached hydrogens (tertiary/aromatic N) is 1. The molecule has 1 unspecified atom stereocenters. The first kappa shape index (κ1) is 19.3. The van der Waals surface area contributed by atoms with Crippen molar-refractivity contribution >= 4 is 22.4 Å². The lowest BCUT2D eigenvalue weighted by Crippen LogP contribution is -2.12. The Labute approximate surface area is 166 Å². The number of nitrogens with one attached hydrogen (secondary N) is 1. The molecule has 0 saturated heterocycles. The summed E-state index contributed by atoms with van der Waals surface area (Å²) in [4.78, 5) is 13.1. The summed E-state index contributed by atoms with van der Waals surface area (Å²) in [6.45, 7) is 0. The zero-order chi connectivity index (χ0) is 19.9. The van der Waals surface area contributed by atoms with E-state index in [-0.39, 0.29) is 5.91 Å². The van der Waals surface area contributed by atoms with Gasteiger partial charge in [0.25, 0.3) is 5.91 Å². The first-order valence-electron chi connectivity index (χ1n) is 8.52. The summed E-state index contributed by atoms with van der Waals surface area (Å²) in [6.07, 6.45) is 0. The maximum absolute atomic E-state index is 12.7. The van der Waals surface area contributed by atoms with Gasteiger partial charge in [0, 0.05) is 16.1 Å². The van der Waals surface area contributed by atoms with E-state index in [1.165, 1.54) is 0 Å². The van der Waals surface area contributed by atoms with E-state index < -0.39 is 10.8 Å². The third kappa shape index (κ3) is 4.84. The SMILES string of the molecule is COc1ccc(CS(=O)c2cccc(C(=O)Nc3ccc(C#N)cc3)c2)cc1. The molecule has 1 N–H and O–H groups in total. The summed E-state index contributed by atoms with van der Waals surface area (Å²) < 4.78 is 17.8. The topological polar surface area (TPSA) is 79.2 Å². The van der Waals surface area contributed by atoms with Gasteiger partial charge >= 0.3 is 0 Å². The van der Waals surface area contributed by atoms with E-state index >= 15 is 0 Å². The van der Waals surface area contributed by atoms with Crippen LogP contribution in [0.1, 0.15) is 21.5 Å². The second-order valence-electron chi connectivity index (χ2n) is 6.01. The quantitative estimate of drug-likeness (QED) is 0.686. The highest BCUT2D eigenvalue weighted by Gasteiger charge is 2.11. The van der Waals surface area contributed by atoms with Crippen LogP contribution in [0.15, 0.2) is 77.7 Å². The van der Waals surface area contributed by atoms with Crippen molar-refractivity contribution in [1.29, 1.82) is 5.26 Å². The van der Waals surface area contributed by atoms with Gasteiger partial charge in [-0.25, -0.2) is 0 Å². The van der Waals surface area contributed by atoms with Crippen molar-refractivity contribution in [3.8, 4) is 11.8 Å². The number of nitriles is 1. The minimum absolute atomic E-state index is 0.298. The average Bonchev–Trinajstić information content (AvgIpc) is 2.75. The Morgan fingerprint density at radius 3 is 2.43 bits per heavy atom. The van der Waals surface area contributed by atoms with E-state index in [1.54, 1.807) is 55.6 Å². The van der Waals surface area contributed by atoms with Crippen LogP contribution in [-0.2, 0) is 16.6 Å². The highest BCUT2D eigenvalue weighted by molar-refractivity contribution is 7.84. The Hall–Kier alpha value is -3.43. The van der Waals surface area contributed by atoms with Crippen molar-refractivity contribution in [2.45, 2.75) is 10.6 Å². The standard InChI is InChI=1S/C22H18N2O3S/c1-27-20-11-7-17(8-12-20)15-28(26)21-4-2-3-18(13-21)22(25)24-19-9-5-16(14-23)6-10-19/h2-13H,15H2,1H3,(H,24,25). The predicted molar refractivity (Wildman–Crippen MR) is 109 cm³/mol. The first-order chi connectivity index (χ1) is 13.6. The minimum Gasteiger partial charge on any atom is -0.497 e. The Kier molecular flexibility index (Phi) is 6.20. The molecule has 1 amide bonds. The van der Waals surface area contributed by atoms with Crippen LogP contribution >= 0.6 is 0 Å². The Balaban J connectivity index is 1.70. The van der Waals surface area contributed by atoms with E-state index in [9.17, 15) is 9.00 Å². The third-order valence-electron chi connectivity index (χ3n) is 4.09. The van der Waals surface area contributed by atoms with Gasteiger partial charge < -0.3 is 10.1 Å². The molecule has 6 heteroatoms. The monoisotopic (exact) mass is 390 g/mol. The molecule has 0 radical (unpaired) electrons. The number of anilines is 1. The maximum Gasteiger partial charge on any atom is 0.255 e. The smallest absolute Gasteiger partial charge is 0.255 e. The fraction of sp³-hybridized carbons (Fsp3) is 0.0909. The second kappa shape index (κ2) is 8.98. The normalized spacial score (nSPS) is 11.3. The molecule has 0 bridgehead atoms. The van der Waals surface area contributed by atoms with Crippen LogP contribution in [0.4, 0.5) is 5.69 Å². The van der Waals surface area contributed by atoms with Gasteiger partial charge in [-0.3, -0.25) is 9.00 Å². The van der Waals surface area contributed by atoms with Crippen molar-refractivity contribution < 1.29 is 13.7 Å². The van der Waals surface area contributed by atoms with Gasteiger partial charge in [-0.1, -0.05) is 18.2 Å². The Morgan fingerprint density at radius 2 is 1.79 bits per heavy atom. The van der Waals surface area contributed by atoms with Crippen LogP contribution in [-0.4, -0.2) is 17.2 Å². The van der Waals surface area contributed by atoms with Crippen molar-refractivity contribution in [2.75, 3.05) is 12.4 Å². The molecule has 0 aromatic heterocycles. The van der Waals surface area contributed by atoms with Gasteiger partial charge in [0.2, 0.25) is 0 Å². The second-order valence-corrected chi connectivity index (χ2v) is 7.46. The summed E-state index contributed by atoms with van der Waals surface area (Å²) >= 11 is 0. The zero-order valence-corrected chi connectivity index (χ0v) is 16.0. The molecule has 3 aromatic carbocycles. The number of rotatable bonds is 6. The summed E-state index contributed by atoms with van der Waals surface area (Å²) in [5.41, 5.74) is 2.46. The summed E-state index contributed by atoms with van der Waals surface area (Å²) in [7, 11) is 0.321. The number of benzene rings is 3. The predicted octanol–water partition coefficient (Wildman–Crippen LogP) is 4.13. The number of carbonyl (C=O) groups is 1. The first-order valence-corrected chi connectivity index (χ1v) is 9.84. The van der Waals surface area contributed by atoms with Crippen molar-refractivity contribution in [2.24, 2.45) is 0 Å². The fourth-order valence-electron chi connectivity index (χ4n) is 2.57. The molecule has 3 aromatic rings. The number of carbonyl (C=O) groups excluding carboxylic acids is 1. The van der Waals surface area contributed by atoms with Gasteiger partial charge in [0.1, 0.15) is 5.75 Å². The van der Waals surface area contributed by atoms with Gasteiger partial charge in [0.05, 0.1) is 35.3 Å². The third-order valence-corrected chi connectivity index (χ3v) is 5.46. The van der Waals surface area contributed by atoms with E-state index in [0.29, 0.717) is 27.5 Å². The minimum atomic E-state index is -1.28. The molecular formula is C22H18N2O3S.